The number of carbonyl (C=O) groups excluding carboxylic acids is 2. The second kappa shape index (κ2) is 5.82. The van der Waals surface area contributed by atoms with Crippen molar-refractivity contribution >= 4 is 29.1 Å². The second-order valence-electron chi connectivity index (χ2n) is 5.17. The largest absolute Gasteiger partial charge is 0.400 e. The predicted octanol–water partition coefficient (Wildman–Crippen LogP) is 1.09. The third-order valence-electron chi connectivity index (χ3n) is 3.66. The molecule has 1 amide bonds. The molecule has 3 heterocycles. The van der Waals surface area contributed by atoms with Gasteiger partial charge in [0.2, 0.25) is 0 Å². The highest BCUT2D eigenvalue weighted by molar-refractivity contribution is 6.15. The summed E-state index contributed by atoms with van der Waals surface area (Å²) in [4.78, 5) is 37.5. The molecule has 0 radical (unpaired) electrons. The Bertz CT molecular complexity index is 847. The Labute approximate surface area is 136 Å². The first-order valence-corrected chi connectivity index (χ1v) is 7.33. The number of morpholine rings is 1. The quantitative estimate of drug-likeness (QED) is 0.768. The fraction of sp³-hybridized carbons (Fsp3) is 0.188. The first kappa shape index (κ1) is 14.5. The van der Waals surface area contributed by atoms with Crippen molar-refractivity contribution in [3.8, 4) is 0 Å². The molecule has 4 rings (SSSR count). The summed E-state index contributed by atoms with van der Waals surface area (Å²) in [5, 5.41) is 0. The van der Waals surface area contributed by atoms with Gasteiger partial charge in [0.25, 0.3) is 11.8 Å². The van der Waals surface area contributed by atoms with E-state index in [1.807, 2.05) is 0 Å². The lowest BCUT2D eigenvalue weighted by Gasteiger charge is -2.26. The minimum atomic E-state index is -0.563. The third-order valence-corrected chi connectivity index (χ3v) is 3.66. The number of amides is 1. The Balaban J connectivity index is 1.60. The summed E-state index contributed by atoms with van der Waals surface area (Å²) in [7, 11) is 0. The summed E-state index contributed by atoms with van der Waals surface area (Å²) in [6.45, 7) is 1.13. The van der Waals surface area contributed by atoms with E-state index in [0.717, 1.165) is 5.69 Å². The van der Waals surface area contributed by atoms with Crippen molar-refractivity contribution in [3.63, 3.8) is 0 Å². The molecular formula is C16H12N4O4. The number of aliphatic imine (C=N–C) groups is 1. The highest BCUT2D eigenvalue weighted by Gasteiger charge is 2.30. The standard InChI is InChI=1S/C16H12N4O4/c21-12-9-23-8-7-20(12)11-3-1-10(2-4-11)19-15-13-14(16(22)24-15)18-6-5-17-13/h1-6H,7-9H2/b19-15+. The lowest BCUT2D eigenvalue weighted by atomic mass is 10.2. The summed E-state index contributed by atoms with van der Waals surface area (Å²) in [5.41, 5.74) is 1.85. The van der Waals surface area contributed by atoms with E-state index in [9.17, 15) is 9.59 Å². The minimum absolute atomic E-state index is 0.0748. The van der Waals surface area contributed by atoms with Gasteiger partial charge in [-0.2, -0.15) is 0 Å². The lowest BCUT2D eigenvalue weighted by molar-refractivity contribution is -0.125. The molecule has 0 bridgehead atoms. The van der Waals surface area contributed by atoms with Gasteiger partial charge in [0, 0.05) is 24.6 Å². The van der Waals surface area contributed by atoms with Crippen LogP contribution in [0.25, 0.3) is 0 Å². The third kappa shape index (κ3) is 2.52. The monoisotopic (exact) mass is 324 g/mol. The Kier molecular flexibility index (Phi) is 3.51. The number of nitrogens with zero attached hydrogens (tertiary/aromatic N) is 4. The van der Waals surface area contributed by atoms with Crippen molar-refractivity contribution in [2.45, 2.75) is 0 Å². The van der Waals surface area contributed by atoms with Gasteiger partial charge in [-0.05, 0) is 24.3 Å². The van der Waals surface area contributed by atoms with Crippen LogP contribution in [-0.2, 0) is 14.3 Å². The molecule has 2 aliphatic heterocycles. The number of hydrogen-bond acceptors (Lipinski definition) is 7. The van der Waals surface area contributed by atoms with E-state index in [0.29, 0.717) is 24.5 Å². The summed E-state index contributed by atoms with van der Waals surface area (Å²) in [6, 6.07) is 7.06. The minimum Gasteiger partial charge on any atom is -0.400 e. The fourth-order valence-electron chi connectivity index (χ4n) is 2.52. The van der Waals surface area contributed by atoms with Gasteiger partial charge in [0.15, 0.2) is 11.4 Å². The maximum atomic E-state index is 11.8. The number of anilines is 1. The van der Waals surface area contributed by atoms with Crippen LogP contribution in [0.4, 0.5) is 11.4 Å². The van der Waals surface area contributed by atoms with Crippen molar-refractivity contribution in [1.29, 1.82) is 0 Å². The molecule has 24 heavy (non-hydrogen) atoms. The van der Waals surface area contributed by atoms with Crippen molar-refractivity contribution in [2.75, 3.05) is 24.7 Å². The number of ether oxygens (including phenoxy) is 2. The Morgan fingerprint density at radius 1 is 1.04 bits per heavy atom. The number of cyclic esters (lactones) is 1. The van der Waals surface area contributed by atoms with Crippen LogP contribution in [0.5, 0.6) is 0 Å². The van der Waals surface area contributed by atoms with Crippen molar-refractivity contribution < 1.29 is 19.1 Å². The number of aromatic nitrogens is 2. The fourth-order valence-corrected chi connectivity index (χ4v) is 2.52. The van der Waals surface area contributed by atoms with Crippen LogP contribution in [0.1, 0.15) is 16.2 Å². The molecular weight excluding hydrogens is 312 g/mol. The molecule has 120 valence electrons. The van der Waals surface area contributed by atoms with E-state index in [2.05, 4.69) is 15.0 Å². The molecule has 0 saturated carbocycles. The molecule has 0 atom stereocenters. The number of benzene rings is 1. The molecule has 1 aromatic heterocycles. The molecule has 8 nitrogen and oxygen atoms in total. The van der Waals surface area contributed by atoms with E-state index in [-0.39, 0.29) is 24.1 Å². The first-order valence-electron chi connectivity index (χ1n) is 7.33. The maximum absolute atomic E-state index is 11.8. The smallest absolute Gasteiger partial charge is 0.366 e. The maximum Gasteiger partial charge on any atom is 0.366 e. The molecule has 0 aliphatic carbocycles. The number of rotatable bonds is 2. The summed E-state index contributed by atoms with van der Waals surface area (Å²) in [5.74, 6) is -0.514. The van der Waals surface area contributed by atoms with Gasteiger partial charge in [-0.3, -0.25) is 4.79 Å². The number of carbonyl (C=O) groups is 2. The van der Waals surface area contributed by atoms with E-state index >= 15 is 0 Å². The molecule has 1 saturated heterocycles. The molecule has 8 heteroatoms. The van der Waals surface area contributed by atoms with Gasteiger partial charge < -0.3 is 14.4 Å². The number of fused-ring (bicyclic) bond motifs is 1. The average molecular weight is 324 g/mol. The predicted molar refractivity (Wildman–Crippen MR) is 83.3 cm³/mol. The van der Waals surface area contributed by atoms with Crippen LogP contribution in [-0.4, -0.2) is 47.5 Å². The highest BCUT2D eigenvalue weighted by Crippen LogP contribution is 2.24. The van der Waals surface area contributed by atoms with Crippen LogP contribution in [0.3, 0.4) is 0 Å². The Morgan fingerprint density at radius 2 is 1.79 bits per heavy atom. The molecule has 0 unspecified atom stereocenters. The zero-order valence-corrected chi connectivity index (χ0v) is 12.5. The van der Waals surface area contributed by atoms with Gasteiger partial charge in [-0.15, -0.1) is 0 Å². The van der Waals surface area contributed by atoms with Crippen LogP contribution < -0.4 is 4.90 Å². The van der Waals surface area contributed by atoms with Crippen LogP contribution in [0.15, 0.2) is 41.7 Å². The molecule has 0 N–H and O–H groups in total. The second-order valence-corrected chi connectivity index (χ2v) is 5.17. The van der Waals surface area contributed by atoms with Gasteiger partial charge in [0.1, 0.15) is 6.61 Å². The van der Waals surface area contributed by atoms with Crippen LogP contribution in [0, 0.1) is 0 Å². The topological polar surface area (TPSA) is 94.0 Å². The van der Waals surface area contributed by atoms with Gasteiger partial charge in [-0.25, -0.2) is 19.8 Å². The molecule has 2 aliphatic rings. The van der Waals surface area contributed by atoms with Crippen molar-refractivity contribution in [3.05, 3.63) is 48.0 Å². The summed E-state index contributed by atoms with van der Waals surface area (Å²) >= 11 is 0. The van der Waals surface area contributed by atoms with Crippen LogP contribution in [0.2, 0.25) is 0 Å². The van der Waals surface area contributed by atoms with E-state index in [1.165, 1.54) is 12.4 Å². The number of hydrogen-bond donors (Lipinski definition) is 0. The van der Waals surface area contributed by atoms with E-state index in [1.54, 1.807) is 29.2 Å². The average Bonchev–Trinajstić information content (AvgIpc) is 2.93. The number of esters is 1. The van der Waals surface area contributed by atoms with E-state index < -0.39 is 5.97 Å². The molecule has 1 fully saturated rings. The van der Waals surface area contributed by atoms with Gasteiger partial charge in [0.05, 0.1) is 12.3 Å². The van der Waals surface area contributed by atoms with Crippen LogP contribution >= 0.6 is 0 Å². The zero-order valence-electron chi connectivity index (χ0n) is 12.5. The van der Waals surface area contributed by atoms with Crippen molar-refractivity contribution in [1.82, 2.24) is 9.97 Å². The highest BCUT2D eigenvalue weighted by atomic mass is 16.5. The Morgan fingerprint density at radius 3 is 2.54 bits per heavy atom. The Hall–Kier alpha value is -3.13. The van der Waals surface area contributed by atoms with Gasteiger partial charge in [-0.1, -0.05) is 0 Å². The lowest BCUT2D eigenvalue weighted by Crippen LogP contribution is -2.41. The summed E-state index contributed by atoms with van der Waals surface area (Å²) in [6.07, 6.45) is 2.90. The van der Waals surface area contributed by atoms with Crippen molar-refractivity contribution in [2.24, 2.45) is 4.99 Å². The SMILES string of the molecule is O=C1O/C(=N/c2ccc(N3CCOCC3=O)cc2)c2nccnc21. The molecule has 1 aromatic carbocycles. The molecule has 2 aromatic rings. The normalized spacial score (nSPS) is 18.7. The molecule has 0 spiro atoms. The van der Waals surface area contributed by atoms with Gasteiger partial charge >= 0.3 is 5.97 Å². The summed E-state index contributed by atoms with van der Waals surface area (Å²) < 4.78 is 10.2. The first-order chi connectivity index (χ1) is 11.7. The van der Waals surface area contributed by atoms with E-state index in [4.69, 9.17) is 9.47 Å². The zero-order chi connectivity index (χ0) is 16.5.